The van der Waals surface area contributed by atoms with E-state index < -0.39 is 5.97 Å². The Labute approximate surface area is 181 Å². The van der Waals surface area contributed by atoms with E-state index in [1.165, 1.54) is 4.90 Å². The van der Waals surface area contributed by atoms with Crippen LogP contribution in [0.3, 0.4) is 0 Å². The van der Waals surface area contributed by atoms with E-state index in [0.717, 1.165) is 30.4 Å². The molecule has 5 rings (SSSR count). The molecule has 6 heteroatoms. The average molecular weight is 419 g/mol. The van der Waals surface area contributed by atoms with Crippen LogP contribution in [0.4, 0.5) is 5.69 Å². The molecular weight excluding hydrogens is 394 g/mol. The normalized spacial score (nSPS) is 26.3. The number of hydrogen-bond acceptors (Lipinski definition) is 5. The van der Waals surface area contributed by atoms with Crippen molar-refractivity contribution in [1.82, 2.24) is 0 Å². The quantitative estimate of drug-likeness (QED) is 0.418. The molecule has 2 saturated carbocycles. The second kappa shape index (κ2) is 7.52. The van der Waals surface area contributed by atoms with Gasteiger partial charge in [-0.05, 0) is 80.3 Å². The SMILES string of the molecule is Cc1ccc(OCC(=O)Oc2cccc(N3C(=O)[C@@H]4[C@@H]5CC[C@@H](C5)[C@@H]4C3=O)c2)cc1C. The zero-order chi connectivity index (χ0) is 21.7. The number of aryl methyl sites for hydroxylation is 2. The molecule has 1 saturated heterocycles. The van der Waals surface area contributed by atoms with Gasteiger partial charge in [0.1, 0.15) is 11.5 Å². The van der Waals surface area contributed by atoms with Crippen LogP contribution in [-0.2, 0) is 14.4 Å². The second-order valence-electron chi connectivity index (χ2n) is 8.90. The summed E-state index contributed by atoms with van der Waals surface area (Å²) in [5.41, 5.74) is 2.69. The fourth-order valence-electron chi connectivity index (χ4n) is 5.46. The summed E-state index contributed by atoms with van der Waals surface area (Å²) in [5, 5.41) is 0. The van der Waals surface area contributed by atoms with Crippen molar-refractivity contribution < 1.29 is 23.9 Å². The van der Waals surface area contributed by atoms with E-state index in [2.05, 4.69) is 0 Å². The second-order valence-corrected chi connectivity index (χ2v) is 8.90. The van der Waals surface area contributed by atoms with Crippen LogP contribution in [0.15, 0.2) is 42.5 Å². The van der Waals surface area contributed by atoms with Gasteiger partial charge in [0.05, 0.1) is 17.5 Å². The molecule has 3 aliphatic rings. The van der Waals surface area contributed by atoms with Crippen LogP contribution in [0.5, 0.6) is 11.5 Å². The lowest BCUT2D eigenvalue weighted by Crippen LogP contribution is -2.32. The summed E-state index contributed by atoms with van der Waals surface area (Å²) < 4.78 is 10.9. The lowest BCUT2D eigenvalue weighted by atomic mass is 9.81. The van der Waals surface area contributed by atoms with Gasteiger partial charge in [-0.25, -0.2) is 9.69 Å². The minimum absolute atomic E-state index is 0.108. The molecule has 2 aromatic carbocycles. The molecule has 0 unspecified atom stereocenters. The van der Waals surface area contributed by atoms with Crippen molar-refractivity contribution in [2.24, 2.45) is 23.7 Å². The maximum absolute atomic E-state index is 13.0. The van der Waals surface area contributed by atoms with Crippen molar-refractivity contribution in [1.29, 1.82) is 0 Å². The number of benzene rings is 2. The molecule has 31 heavy (non-hydrogen) atoms. The first-order valence-electron chi connectivity index (χ1n) is 10.8. The van der Waals surface area contributed by atoms with Gasteiger partial charge < -0.3 is 9.47 Å². The van der Waals surface area contributed by atoms with Gasteiger partial charge in [0.15, 0.2) is 6.61 Å². The summed E-state index contributed by atoms with van der Waals surface area (Å²) in [5.74, 6) is 0.430. The first-order chi connectivity index (χ1) is 14.9. The number of carbonyl (C=O) groups excluding carboxylic acids is 3. The molecular formula is C25H25NO5. The van der Waals surface area contributed by atoms with E-state index >= 15 is 0 Å². The van der Waals surface area contributed by atoms with E-state index in [0.29, 0.717) is 23.3 Å². The van der Waals surface area contributed by atoms with Crippen LogP contribution >= 0.6 is 0 Å². The van der Waals surface area contributed by atoms with E-state index in [9.17, 15) is 14.4 Å². The molecule has 6 nitrogen and oxygen atoms in total. The molecule has 160 valence electrons. The number of fused-ring (bicyclic) bond motifs is 5. The average Bonchev–Trinajstić information content (AvgIpc) is 3.43. The lowest BCUT2D eigenvalue weighted by molar-refractivity contribution is -0.136. The van der Waals surface area contributed by atoms with Crippen LogP contribution in [0.25, 0.3) is 0 Å². The summed E-state index contributed by atoms with van der Waals surface area (Å²) in [7, 11) is 0. The molecule has 2 aliphatic carbocycles. The highest BCUT2D eigenvalue weighted by Gasteiger charge is 2.61. The Morgan fingerprint density at radius 2 is 1.65 bits per heavy atom. The number of amides is 2. The molecule has 0 radical (unpaired) electrons. The summed E-state index contributed by atoms with van der Waals surface area (Å²) in [4.78, 5) is 39.6. The van der Waals surface area contributed by atoms with Crippen molar-refractivity contribution in [3.05, 3.63) is 53.6 Å². The molecule has 0 aromatic heterocycles. The van der Waals surface area contributed by atoms with E-state index in [1.54, 1.807) is 24.3 Å². The number of esters is 1. The zero-order valence-electron chi connectivity index (χ0n) is 17.7. The molecule has 2 amide bonds. The maximum Gasteiger partial charge on any atom is 0.349 e. The summed E-state index contributed by atoms with van der Waals surface area (Å²) >= 11 is 0. The molecule has 4 atom stereocenters. The number of anilines is 1. The van der Waals surface area contributed by atoms with Crippen LogP contribution in [0.2, 0.25) is 0 Å². The highest BCUT2D eigenvalue weighted by Crippen LogP contribution is 2.56. The zero-order valence-corrected chi connectivity index (χ0v) is 17.7. The first kappa shape index (κ1) is 19.8. The van der Waals surface area contributed by atoms with Crippen molar-refractivity contribution in [3.63, 3.8) is 0 Å². The highest BCUT2D eigenvalue weighted by atomic mass is 16.6. The Bertz CT molecular complexity index is 1050. The summed E-state index contributed by atoms with van der Waals surface area (Å²) in [6.07, 6.45) is 3.08. The van der Waals surface area contributed by atoms with Crippen LogP contribution in [0.1, 0.15) is 30.4 Å². The van der Waals surface area contributed by atoms with Crippen LogP contribution in [-0.4, -0.2) is 24.4 Å². The Kier molecular flexibility index (Phi) is 4.80. The number of carbonyl (C=O) groups is 3. The van der Waals surface area contributed by atoms with Crippen molar-refractivity contribution >= 4 is 23.5 Å². The predicted molar refractivity (Wildman–Crippen MR) is 114 cm³/mol. The molecule has 2 bridgehead atoms. The van der Waals surface area contributed by atoms with Gasteiger partial charge in [-0.1, -0.05) is 12.1 Å². The van der Waals surface area contributed by atoms with Gasteiger partial charge in [0.2, 0.25) is 11.8 Å². The van der Waals surface area contributed by atoms with Gasteiger partial charge >= 0.3 is 5.97 Å². The third-order valence-electron chi connectivity index (χ3n) is 7.07. The predicted octanol–water partition coefficient (Wildman–Crippen LogP) is 3.82. The fraction of sp³-hybridized carbons (Fsp3) is 0.400. The minimum Gasteiger partial charge on any atom is -0.482 e. The smallest absolute Gasteiger partial charge is 0.349 e. The van der Waals surface area contributed by atoms with Gasteiger partial charge in [-0.3, -0.25) is 9.59 Å². The Hall–Kier alpha value is -3.15. The largest absolute Gasteiger partial charge is 0.482 e. The number of imide groups is 1. The summed E-state index contributed by atoms with van der Waals surface area (Å²) in [6.45, 7) is 3.75. The van der Waals surface area contributed by atoms with Gasteiger partial charge in [0, 0.05) is 6.07 Å². The van der Waals surface area contributed by atoms with Crippen molar-refractivity contribution in [2.45, 2.75) is 33.1 Å². The van der Waals surface area contributed by atoms with E-state index in [4.69, 9.17) is 9.47 Å². The van der Waals surface area contributed by atoms with Crippen molar-refractivity contribution in [3.8, 4) is 11.5 Å². The third-order valence-corrected chi connectivity index (χ3v) is 7.07. The Morgan fingerprint density at radius 3 is 2.32 bits per heavy atom. The van der Waals surface area contributed by atoms with Crippen LogP contribution < -0.4 is 14.4 Å². The number of ether oxygens (including phenoxy) is 2. The molecule has 0 spiro atoms. The number of nitrogens with zero attached hydrogens (tertiary/aromatic N) is 1. The number of rotatable bonds is 5. The standard InChI is InChI=1S/C25H25NO5/c1-14-6-9-19(10-15(14)2)30-13-21(27)31-20-5-3-4-18(12-20)26-24(28)22-16-7-8-17(11-16)23(22)25(26)29/h3-6,9-10,12,16-17,22-23H,7-8,11,13H2,1-2H3/t16-,17+,22-,23+. The molecule has 3 fully saturated rings. The van der Waals surface area contributed by atoms with Crippen molar-refractivity contribution in [2.75, 3.05) is 11.5 Å². The number of hydrogen-bond donors (Lipinski definition) is 0. The Morgan fingerprint density at radius 1 is 0.935 bits per heavy atom. The minimum atomic E-state index is -0.552. The molecule has 0 N–H and O–H groups in total. The molecule has 2 aromatic rings. The van der Waals surface area contributed by atoms with E-state index in [1.807, 2.05) is 32.0 Å². The monoisotopic (exact) mass is 419 g/mol. The van der Waals surface area contributed by atoms with Crippen LogP contribution in [0, 0.1) is 37.5 Å². The van der Waals surface area contributed by atoms with Gasteiger partial charge in [-0.2, -0.15) is 0 Å². The molecule has 1 aliphatic heterocycles. The van der Waals surface area contributed by atoms with Gasteiger partial charge in [0.25, 0.3) is 0 Å². The van der Waals surface area contributed by atoms with Gasteiger partial charge in [-0.15, -0.1) is 0 Å². The lowest BCUT2D eigenvalue weighted by Gasteiger charge is -2.19. The maximum atomic E-state index is 13.0. The topological polar surface area (TPSA) is 72.9 Å². The molecule has 1 heterocycles. The Balaban J connectivity index is 1.26. The van der Waals surface area contributed by atoms with E-state index in [-0.39, 0.29) is 36.0 Å². The fourth-order valence-corrected chi connectivity index (χ4v) is 5.46. The summed E-state index contributed by atoms with van der Waals surface area (Å²) in [6, 6.07) is 12.2. The third kappa shape index (κ3) is 3.40. The first-order valence-corrected chi connectivity index (χ1v) is 10.8. The highest BCUT2D eigenvalue weighted by molar-refractivity contribution is 6.22.